The fourth-order valence-corrected chi connectivity index (χ4v) is 0.311. The molecule has 1 rings (SSSR count). The molecule has 0 aromatic rings. The van der Waals surface area contributed by atoms with Crippen molar-refractivity contribution in [3.8, 4) is 0 Å². The van der Waals surface area contributed by atoms with Gasteiger partial charge < -0.3 is 5.73 Å². The fourth-order valence-electron chi connectivity index (χ4n) is 0.311. The van der Waals surface area contributed by atoms with Crippen LogP contribution in [-0.2, 0) is 0 Å². The number of rotatable bonds is 0. The molecular formula is C4H5N3+. The molecule has 0 aliphatic carbocycles. The van der Waals surface area contributed by atoms with Gasteiger partial charge in [-0.2, -0.15) is 0 Å². The van der Waals surface area contributed by atoms with Gasteiger partial charge in [0.05, 0.1) is 4.99 Å². The second-order valence-corrected chi connectivity index (χ2v) is 1.13. The Morgan fingerprint density at radius 3 is 2.86 bits per heavy atom. The molecule has 1 aliphatic rings. The summed E-state index contributed by atoms with van der Waals surface area (Å²) in [6.45, 7) is 0. The van der Waals surface area contributed by atoms with Crippen LogP contribution < -0.4 is 10.7 Å². The average Bonchev–Trinajstić information content (AvgIpc) is 1.69. The minimum Gasteiger partial charge on any atom is -0.378 e. The van der Waals surface area contributed by atoms with Gasteiger partial charge in [-0.25, -0.2) is 4.99 Å². The predicted molar refractivity (Wildman–Crippen MR) is 29.0 cm³/mol. The Morgan fingerprint density at radius 1 is 1.71 bits per heavy atom. The summed E-state index contributed by atoms with van der Waals surface area (Å²) in [5, 5.41) is 0. The minimum absolute atomic E-state index is 0.461. The van der Waals surface area contributed by atoms with E-state index in [0.29, 0.717) is 5.82 Å². The first-order valence-electron chi connectivity index (χ1n) is 1.91. The fraction of sp³-hybridized carbons (Fsp3) is 0. The zero-order chi connectivity index (χ0) is 5.11. The summed E-state index contributed by atoms with van der Waals surface area (Å²) < 4.78 is 0. The summed E-state index contributed by atoms with van der Waals surface area (Å²) in [5.74, 6) is 0.461. The molecule has 0 unspecified atom stereocenters. The maximum absolute atomic E-state index is 5.18. The summed E-state index contributed by atoms with van der Waals surface area (Å²) in [6, 6.07) is 0. The first kappa shape index (κ1) is 4.05. The highest BCUT2D eigenvalue weighted by Crippen LogP contribution is 1.80. The first-order valence-corrected chi connectivity index (χ1v) is 1.91. The van der Waals surface area contributed by atoms with E-state index >= 15 is 0 Å². The van der Waals surface area contributed by atoms with Gasteiger partial charge in [0, 0.05) is 0 Å². The van der Waals surface area contributed by atoms with Gasteiger partial charge in [0.1, 0.15) is 6.21 Å². The van der Waals surface area contributed by atoms with Crippen molar-refractivity contribution in [2.45, 2.75) is 0 Å². The Balaban J connectivity index is 2.82. The summed E-state index contributed by atoms with van der Waals surface area (Å²) in [5.41, 5.74) is 5.18. The summed E-state index contributed by atoms with van der Waals surface area (Å²) >= 11 is 0. The lowest BCUT2D eigenvalue weighted by Crippen LogP contribution is -2.01. The van der Waals surface area contributed by atoms with E-state index in [1.807, 2.05) is 0 Å². The van der Waals surface area contributed by atoms with Crippen LogP contribution in [0.2, 0.25) is 0 Å². The highest BCUT2D eigenvalue weighted by Gasteiger charge is 1.93. The molecule has 0 spiro atoms. The standard InChI is InChI=1S/C4H5N3/c5-4-3-6-1-2-7-4/h1-3H,(H2,5,7)/q+1. The molecule has 0 bridgehead atoms. The third-order valence-electron chi connectivity index (χ3n) is 0.583. The number of aliphatic imine (C=N–C) groups is 2. The van der Waals surface area contributed by atoms with Gasteiger partial charge >= 0.3 is 0 Å². The molecule has 1 heterocycles. The van der Waals surface area contributed by atoms with E-state index < -0.39 is 0 Å². The summed E-state index contributed by atoms with van der Waals surface area (Å²) in [7, 11) is 0. The van der Waals surface area contributed by atoms with Crippen LogP contribution in [0.25, 0.3) is 0 Å². The van der Waals surface area contributed by atoms with E-state index in [-0.39, 0.29) is 0 Å². The molecular weight excluding hydrogens is 90.1 g/mol. The van der Waals surface area contributed by atoms with Gasteiger partial charge in [0.25, 0.3) is 12.4 Å². The van der Waals surface area contributed by atoms with Gasteiger partial charge in [-0.3, -0.25) is 0 Å². The van der Waals surface area contributed by atoms with Crippen molar-refractivity contribution in [1.29, 1.82) is 0 Å². The average molecular weight is 95.1 g/mol. The van der Waals surface area contributed by atoms with Crippen LogP contribution in [0.3, 0.4) is 0 Å². The quantitative estimate of drug-likeness (QED) is 0.422. The Bertz CT molecular complexity index is 143. The maximum Gasteiger partial charge on any atom is 0.284 e. The second-order valence-electron chi connectivity index (χ2n) is 1.13. The monoisotopic (exact) mass is 95.0 g/mol. The topological polar surface area (TPSA) is 52.5 Å². The predicted octanol–water partition coefficient (Wildman–Crippen LogP) is -0.765. The van der Waals surface area contributed by atoms with Crippen molar-refractivity contribution >= 4 is 12.4 Å². The summed E-state index contributed by atoms with van der Waals surface area (Å²) in [4.78, 5) is 7.39. The number of hydrogen-bond acceptors (Lipinski definition) is 3. The molecule has 0 aromatic heterocycles. The van der Waals surface area contributed by atoms with E-state index in [9.17, 15) is 0 Å². The van der Waals surface area contributed by atoms with Crippen molar-refractivity contribution in [1.82, 2.24) is 4.99 Å². The normalized spacial score (nSPS) is 16.9. The number of hydrogen-bond donors (Lipinski definition) is 1. The van der Waals surface area contributed by atoms with Crippen molar-refractivity contribution in [3.05, 3.63) is 12.0 Å². The molecule has 0 saturated carbocycles. The molecule has 3 nitrogen and oxygen atoms in total. The van der Waals surface area contributed by atoms with E-state index in [0.717, 1.165) is 0 Å². The molecule has 1 aliphatic heterocycles. The lowest BCUT2D eigenvalue weighted by Gasteiger charge is -1.80. The molecule has 35 valence electrons. The lowest BCUT2D eigenvalue weighted by atomic mass is 10.6. The summed E-state index contributed by atoms with van der Waals surface area (Å²) in [6.07, 6.45) is 4.63. The molecule has 1 radical (unpaired) electrons. The van der Waals surface area contributed by atoms with Crippen LogP contribution in [-0.4, -0.2) is 12.4 Å². The van der Waals surface area contributed by atoms with E-state index in [2.05, 4.69) is 9.98 Å². The Kier molecular flexibility index (Phi) is 0.898. The third-order valence-corrected chi connectivity index (χ3v) is 0.583. The third kappa shape index (κ3) is 0.855. The van der Waals surface area contributed by atoms with E-state index in [4.69, 9.17) is 5.73 Å². The van der Waals surface area contributed by atoms with Crippen LogP contribution in [0.1, 0.15) is 0 Å². The maximum atomic E-state index is 5.18. The van der Waals surface area contributed by atoms with Crippen molar-refractivity contribution in [2.75, 3.05) is 0 Å². The first-order chi connectivity index (χ1) is 3.39. The smallest absolute Gasteiger partial charge is 0.284 e. The molecule has 0 atom stereocenters. The molecule has 7 heavy (non-hydrogen) atoms. The van der Waals surface area contributed by atoms with Crippen LogP contribution in [0, 0.1) is 0 Å². The van der Waals surface area contributed by atoms with Crippen LogP contribution in [0.5, 0.6) is 0 Å². The van der Waals surface area contributed by atoms with Gasteiger partial charge in [-0.1, -0.05) is 0 Å². The van der Waals surface area contributed by atoms with Crippen molar-refractivity contribution < 1.29 is 0 Å². The van der Waals surface area contributed by atoms with Crippen molar-refractivity contribution in [3.63, 3.8) is 0 Å². The second kappa shape index (κ2) is 1.55. The van der Waals surface area contributed by atoms with Crippen LogP contribution in [0.15, 0.2) is 17.0 Å². The number of nitrogens with zero attached hydrogens (tertiary/aromatic N) is 2. The van der Waals surface area contributed by atoms with Crippen LogP contribution in [0.4, 0.5) is 0 Å². The minimum atomic E-state index is 0.461. The Labute approximate surface area is 41.3 Å². The van der Waals surface area contributed by atoms with E-state index in [1.54, 1.807) is 12.4 Å². The SMILES string of the molecule is NC1=C[N+]=CC=N1. The molecule has 0 fully saturated rings. The van der Waals surface area contributed by atoms with Crippen LogP contribution >= 0.6 is 0 Å². The Hall–Kier alpha value is -1.12. The zero-order valence-electron chi connectivity index (χ0n) is 3.70. The van der Waals surface area contributed by atoms with Gasteiger partial charge in [0.15, 0.2) is 5.82 Å². The van der Waals surface area contributed by atoms with Gasteiger partial charge in [-0.15, -0.1) is 0 Å². The Morgan fingerprint density at radius 2 is 2.57 bits per heavy atom. The van der Waals surface area contributed by atoms with Gasteiger partial charge in [0.2, 0.25) is 0 Å². The van der Waals surface area contributed by atoms with E-state index in [1.165, 1.54) is 6.20 Å². The molecule has 3 heteroatoms. The van der Waals surface area contributed by atoms with Crippen molar-refractivity contribution in [2.24, 2.45) is 10.7 Å². The number of nitrogens with two attached hydrogens (primary N) is 1. The van der Waals surface area contributed by atoms with Gasteiger partial charge in [-0.05, 0) is 0 Å². The highest BCUT2D eigenvalue weighted by atomic mass is 14.9. The zero-order valence-corrected chi connectivity index (χ0v) is 3.70. The largest absolute Gasteiger partial charge is 0.378 e. The molecule has 0 amide bonds. The molecule has 0 saturated heterocycles. The molecule has 2 N–H and O–H groups in total. The lowest BCUT2D eigenvalue weighted by molar-refractivity contribution is 1.18. The molecule has 0 aromatic carbocycles. The highest BCUT2D eigenvalue weighted by molar-refractivity contribution is 6.16.